The standard InChI is InChI=1S/C10H13ClN5O7P/c11-10-14-7(12)4-8(15-10)16(2-13-4)9-6(18)5(17)3(23-9)1-22-24(19,20)21/h2-3,5-6,9,17-18H,1H2,(H2,12,14,15)(H2,19,20,21)/t3-,5-,6+,9-/m1/s1. The minimum absolute atomic E-state index is 0.0261. The third kappa shape index (κ3) is 3.23. The molecular formula is C10H13ClN5O7P. The van der Waals surface area contributed by atoms with Gasteiger partial charge >= 0.3 is 7.82 Å². The molecule has 1 aliphatic rings. The minimum atomic E-state index is -4.74. The first-order valence-electron chi connectivity index (χ1n) is 6.54. The number of imidazole rings is 1. The Morgan fingerprint density at radius 3 is 2.75 bits per heavy atom. The summed E-state index contributed by atoms with van der Waals surface area (Å²) in [6, 6.07) is 0. The summed E-state index contributed by atoms with van der Waals surface area (Å²) in [4.78, 5) is 29.1. The first kappa shape index (κ1) is 17.5. The van der Waals surface area contributed by atoms with E-state index in [1.54, 1.807) is 0 Å². The van der Waals surface area contributed by atoms with Gasteiger partial charge in [0.25, 0.3) is 0 Å². The van der Waals surface area contributed by atoms with Gasteiger partial charge in [-0.2, -0.15) is 9.97 Å². The van der Waals surface area contributed by atoms with Crippen LogP contribution in [-0.4, -0.2) is 64.4 Å². The number of ether oxygens (including phenoxy) is 1. The van der Waals surface area contributed by atoms with Crippen LogP contribution in [0.4, 0.5) is 5.82 Å². The van der Waals surface area contributed by atoms with Gasteiger partial charge in [-0.25, -0.2) is 9.55 Å². The number of aromatic nitrogens is 4. The molecule has 0 aliphatic carbocycles. The van der Waals surface area contributed by atoms with Gasteiger partial charge in [0.05, 0.1) is 12.9 Å². The first-order valence-corrected chi connectivity index (χ1v) is 8.45. The molecule has 0 spiro atoms. The highest BCUT2D eigenvalue weighted by molar-refractivity contribution is 7.46. The average molecular weight is 382 g/mol. The lowest BCUT2D eigenvalue weighted by Crippen LogP contribution is -2.33. The summed E-state index contributed by atoms with van der Waals surface area (Å²) in [7, 11) is -4.74. The first-order chi connectivity index (χ1) is 11.2. The SMILES string of the molecule is Nc1nc(Cl)nc2c1ncn2[C@@H]1O[C@H](COP(=O)(O)O)[C@@H](O)[C@@H]1O. The summed E-state index contributed by atoms with van der Waals surface area (Å²) >= 11 is 5.75. The number of fused-ring (bicyclic) bond motifs is 1. The Bertz CT molecular complexity index is 812. The number of anilines is 1. The number of aliphatic hydroxyl groups is 2. The summed E-state index contributed by atoms with van der Waals surface area (Å²) in [5.74, 6) is 0.0261. The van der Waals surface area contributed by atoms with E-state index in [4.69, 9.17) is 31.9 Å². The van der Waals surface area contributed by atoms with Crippen molar-refractivity contribution in [2.75, 3.05) is 12.3 Å². The van der Waals surface area contributed by atoms with E-state index in [0.717, 1.165) is 0 Å². The van der Waals surface area contributed by atoms with Crippen LogP contribution in [0, 0.1) is 0 Å². The van der Waals surface area contributed by atoms with E-state index in [2.05, 4.69) is 19.5 Å². The molecule has 2 aromatic heterocycles. The largest absolute Gasteiger partial charge is 0.469 e. The highest BCUT2D eigenvalue weighted by Crippen LogP contribution is 2.38. The molecule has 4 atom stereocenters. The van der Waals surface area contributed by atoms with Crippen LogP contribution in [0.25, 0.3) is 11.2 Å². The summed E-state index contributed by atoms with van der Waals surface area (Å²) in [5.41, 5.74) is 6.07. The van der Waals surface area contributed by atoms with Crippen molar-refractivity contribution < 1.29 is 33.8 Å². The van der Waals surface area contributed by atoms with Crippen molar-refractivity contribution >= 4 is 36.4 Å². The molecule has 3 rings (SSSR count). The van der Waals surface area contributed by atoms with E-state index >= 15 is 0 Å². The summed E-state index contributed by atoms with van der Waals surface area (Å²) in [5, 5.41) is 20.0. The number of rotatable bonds is 4. The predicted molar refractivity (Wildman–Crippen MR) is 78.7 cm³/mol. The van der Waals surface area contributed by atoms with Gasteiger partial charge in [-0.15, -0.1) is 0 Å². The molecule has 2 aromatic rings. The number of aliphatic hydroxyl groups excluding tert-OH is 2. The number of phosphoric acid groups is 1. The molecule has 1 aliphatic heterocycles. The molecule has 1 fully saturated rings. The molecule has 24 heavy (non-hydrogen) atoms. The third-order valence-electron chi connectivity index (χ3n) is 3.44. The van der Waals surface area contributed by atoms with Gasteiger partial charge in [-0.05, 0) is 11.6 Å². The molecule has 0 unspecified atom stereocenters. The van der Waals surface area contributed by atoms with E-state index in [1.165, 1.54) is 10.9 Å². The van der Waals surface area contributed by atoms with E-state index in [1.807, 2.05) is 0 Å². The Labute approximate surface area is 139 Å². The molecule has 0 saturated carbocycles. The Kier molecular flexibility index (Phi) is 4.49. The molecule has 12 nitrogen and oxygen atoms in total. The van der Waals surface area contributed by atoms with Crippen LogP contribution >= 0.6 is 19.4 Å². The van der Waals surface area contributed by atoms with Gasteiger partial charge in [0.2, 0.25) is 5.28 Å². The van der Waals surface area contributed by atoms with Crippen LogP contribution in [0.1, 0.15) is 6.23 Å². The lowest BCUT2D eigenvalue weighted by atomic mass is 10.1. The summed E-state index contributed by atoms with van der Waals surface area (Å²) in [6.07, 6.45) is -3.93. The molecule has 14 heteroatoms. The molecular weight excluding hydrogens is 369 g/mol. The molecule has 1 saturated heterocycles. The molecule has 0 radical (unpaired) electrons. The maximum absolute atomic E-state index is 10.7. The highest BCUT2D eigenvalue weighted by Gasteiger charge is 2.45. The quantitative estimate of drug-likeness (QED) is 0.316. The average Bonchev–Trinajstić information content (AvgIpc) is 3.00. The van der Waals surface area contributed by atoms with Gasteiger partial charge in [-0.1, -0.05) is 0 Å². The summed E-state index contributed by atoms with van der Waals surface area (Å²) in [6.45, 7) is -0.622. The Morgan fingerprint density at radius 1 is 1.38 bits per heavy atom. The van der Waals surface area contributed by atoms with Crippen molar-refractivity contribution in [2.45, 2.75) is 24.5 Å². The van der Waals surface area contributed by atoms with Crippen LogP contribution in [-0.2, 0) is 13.8 Å². The number of hydrogen-bond donors (Lipinski definition) is 5. The van der Waals surface area contributed by atoms with Crippen LogP contribution in [0.5, 0.6) is 0 Å². The monoisotopic (exact) mass is 381 g/mol. The molecule has 6 N–H and O–H groups in total. The maximum atomic E-state index is 10.7. The van der Waals surface area contributed by atoms with E-state index < -0.39 is 39.0 Å². The van der Waals surface area contributed by atoms with Crippen molar-refractivity contribution in [3.05, 3.63) is 11.6 Å². The predicted octanol–water partition coefficient (Wildman–Crippen LogP) is -1.21. The van der Waals surface area contributed by atoms with Crippen LogP contribution in [0.3, 0.4) is 0 Å². The number of nitrogens with zero attached hydrogens (tertiary/aromatic N) is 4. The third-order valence-corrected chi connectivity index (χ3v) is 4.09. The minimum Gasteiger partial charge on any atom is -0.387 e. The topological polar surface area (TPSA) is 186 Å². The fourth-order valence-corrected chi connectivity index (χ4v) is 2.88. The Morgan fingerprint density at radius 2 is 2.08 bits per heavy atom. The number of nitrogens with two attached hydrogens (primary N) is 1. The van der Waals surface area contributed by atoms with E-state index in [0.29, 0.717) is 0 Å². The van der Waals surface area contributed by atoms with Gasteiger partial charge in [0, 0.05) is 0 Å². The second-order valence-corrected chi connectivity index (χ2v) is 6.61. The maximum Gasteiger partial charge on any atom is 0.469 e. The fraction of sp³-hybridized carbons (Fsp3) is 0.500. The van der Waals surface area contributed by atoms with Crippen LogP contribution in [0.15, 0.2) is 6.33 Å². The van der Waals surface area contributed by atoms with Gasteiger partial charge < -0.3 is 30.5 Å². The Balaban J connectivity index is 1.89. The van der Waals surface area contributed by atoms with Crippen molar-refractivity contribution in [2.24, 2.45) is 0 Å². The molecule has 0 aromatic carbocycles. The van der Waals surface area contributed by atoms with Crippen LogP contribution < -0.4 is 5.73 Å². The van der Waals surface area contributed by atoms with Crippen molar-refractivity contribution in [1.82, 2.24) is 19.5 Å². The van der Waals surface area contributed by atoms with Crippen molar-refractivity contribution in [1.29, 1.82) is 0 Å². The van der Waals surface area contributed by atoms with Gasteiger partial charge in [0.1, 0.15) is 23.8 Å². The second kappa shape index (κ2) is 6.17. The zero-order valence-corrected chi connectivity index (χ0v) is 13.4. The number of hydrogen-bond acceptors (Lipinski definition) is 9. The smallest absolute Gasteiger partial charge is 0.387 e. The lowest BCUT2D eigenvalue weighted by Gasteiger charge is -2.16. The lowest BCUT2D eigenvalue weighted by molar-refractivity contribution is -0.0504. The summed E-state index contributed by atoms with van der Waals surface area (Å²) < 4.78 is 21.8. The van der Waals surface area contributed by atoms with Crippen molar-refractivity contribution in [3.8, 4) is 0 Å². The number of nitrogen functional groups attached to an aromatic ring is 1. The number of halogens is 1. The normalized spacial score (nSPS) is 27.9. The second-order valence-electron chi connectivity index (χ2n) is 5.03. The van der Waals surface area contributed by atoms with Gasteiger partial charge in [0.15, 0.2) is 17.7 Å². The zero-order chi connectivity index (χ0) is 17.6. The number of phosphoric ester groups is 1. The van der Waals surface area contributed by atoms with Crippen molar-refractivity contribution in [3.63, 3.8) is 0 Å². The van der Waals surface area contributed by atoms with E-state index in [9.17, 15) is 14.8 Å². The molecule has 132 valence electrons. The van der Waals surface area contributed by atoms with Gasteiger partial charge in [-0.3, -0.25) is 9.09 Å². The zero-order valence-electron chi connectivity index (χ0n) is 11.8. The molecule has 3 heterocycles. The highest BCUT2D eigenvalue weighted by atomic mass is 35.5. The molecule has 0 amide bonds. The molecule has 0 bridgehead atoms. The fourth-order valence-electron chi connectivity index (χ4n) is 2.36. The Hall–Kier alpha value is -1.37. The van der Waals surface area contributed by atoms with E-state index in [-0.39, 0.29) is 22.3 Å². The van der Waals surface area contributed by atoms with Crippen LogP contribution in [0.2, 0.25) is 5.28 Å².